The number of carbonyl (C=O) groups is 1. The minimum Gasteiger partial charge on any atom is -0.481 e. The van der Waals surface area contributed by atoms with E-state index < -0.39 is 23.6 Å². The van der Waals surface area contributed by atoms with Gasteiger partial charge in [-0.05, 0) is 35.7 Å². The molecule has 4 rings (SSSR count). The van der Waals surface area contributed by atoms with Crippen molar-refractivity contribution in [3.8, 4) is 11.6 Å². The Labute approximate surface area is 167 Å². The summed E-state index contributed by atoms with van der Waals surface area (Å²) in [5, 5.41) is 13.3. The number of hydrogen-bond donors (Lipinski definition) is 2. The number of aromatic nitrogens is 2. The van der Waals surface area contributed by atoms with Gasteiger partial charge in [0.15, 0.2) is 0 Å². The van der Waals surface area contributed by atoms with Crippen LogP contribution < -0.4 is 15.6 Å². The standard InChI is InChI=1S/C22H21N3O4/c1-13-9-10-25(15-7-8-18(29-2)23-12-15)22(28)19(13)21(27)24-20-16-6-4-3-5-14(16)11-17(20)26/h3-10,12,17,20,26H,11H2,1-2H3,(H,24,27)/t17-,20+/m0/s1. The van der Waals surface area contributed by atoms with Gasteiger partial charge in [-0.25, -0.2) is 4.98 Å². The number of nitrogens with one attached hydrogen (secondary N) is 1. The molecular weight excluding hydrogens is 370 g/mol. The highest BCUT2D eigenvalue weighted by Gasteiger charge is 2.33. The Morgan fingerprint density at radius 3 is 2.76 bits per heavy atom. The number of amides is 1. The average molecular weight is 391 g/mol. The van der Waals surface area contributed by atoms with Crippen LogP contribution in [0.4, 0.5) is 0 Å². The molecule has 148 valence electrons. The van der Waals surface area contributed by atoms with Crippen molar-refractivity contribution in [2.45, 2.75) is 25.5 Å². The van der Waals surface area contributed by atoms with Crippen molar-refractivity contribution < 1.29 is 14.6 Å². The zero-order valence-corrected chi connectivity index (χ0v) is 16.1. The van der Waals surface area contributed by atoms with E-state index in [1.54, 1.807) is 31.3 Å². The highest BCUT2D eigenvalue weighted by molar-refractivity contribution is 5.95. The molecule has 1 amide bonds. The van der Waals surface area contributed by atoms with Gasteiger partial charge >= 0.3 is 0 Å². The van der Waals surface area contributed by atoms with E-state index in [-0.39, 0.29) is 5.56 Å². The van der Waals surface area contributed by atoms with Crippen molar-refractivity contribution >= 4 is 5.91 Å². The van der Waals surface area contributed by atoms with E-state index in [4.69, 9.17) is 4.74 Å². The van der Waals surface area contributed by atoms with Crippen molar-refractivity contribution in [1.29, 1.82) is 0 Å². The summed E-state index contributed by atoms with van der Waals surface area (Å²) in [7, 11) is 1.51. The van der Waals surface area contributed by atoms with E-state index in [1.165, 1.54) is 17.9 Å². The van der Waals surface area contributed by atoms with Gasteiger partial charge in [-0.1, -0.05) is 24.3 Å². The monoisotopic (exact) mass is 391 g/mol. The first-order chi connectivity index (χ1) is 14.0. The molecule has 7 heteroatoms. The van der Waals surface area contributed by atoms with Crippen LogP contribution in [0.25, 0.3) is 5.69 Å². The highest BCUT2D eigenvalue weighted by atomic mass is 16.5. The molecule has 0 spiro atoms. The molecule has 1 aliphatic rings. The Hall–Kier alpha value is -3.45. The van der Waals surface area contributed by atoms with Gasteiger partial charge in [-0.3, -0.25) is 14.2 Å². The normalized spacial score (nSPS) is 17.6. The van der Waals surface area contributed by atoms with E-state index in [0.29, 0.717) is 23.6 Å². The fourth-order valence-corrected chi connectivity index (χ4v) is 3.70. The lowest BCUT2D eigenvalue weighted by atomic mass is 10.1. The van der Waals surface area contributed by atoms with Gasteiger partial charge in [0.2, 0.25) is 5.88 Å². The van der Waals surface area contributed by atoms with Crippen LogP contribution in [0.15, 0.2) is 59.7 Å². The Kier molecular flexibility index (Phi) is 4.90. The molecule has 2 heterocycles. The largest absolute Gasteiger partial charge is 0.481 e. The molecule has 7 nitrogen and oxygen atoms in total. The molecule has 1 aromatic carbocycles. The third-order valence-corrected chi connectivity index (χ3v) is 5.23. The van der Waals surface area contributed by atoms with Gasteiger partial charge in [0, 0.05) is 18.7 Å². The molecule has 2 atom stereocenters. The minimum atomic E-state index is -0.728. The fourth-order valence-electron chi connectivity index (χ4n) is 3.70. The minimum absolute atomic E-state index is 0.0416. The maximum atomic E-state index is 13.1. The second kappa shape index (κ2) is 7.52. The van der Waals surface area contributed by atoms with E-state index >= 15 is 0 Å². The molecule has 0 radical (unpaired) electrons. The third kappa shape index (κ3) is 3.40. The molecule has 0 saturated heterocycles. The van der Waals surface area contributed by atoms with Crippen LogP contribution in [0, 0.1) is 6.92 Å². The van der Waals surface area contributed by atoms with Crippen LogP contribution in [0.2, 0.25) is 0 Å². The Morgan fingerprint density at radius 2 is 2.03 bits per heavy atom. The van der Waals surface area contributed by atoms with Gasteiger partial charge in [0.05, 0.1) is 31.1 Å². The molecule has 2 aromatic heterocycles. The predicted octanol–water partition coefficient (Wildman–Crippen LogP) is 1.94. The maximum Gasteiger partial charge on any atom is 0.268 e. The lowest BCUT2D eigenvalue weighted by molar-refractivity contribution is 0.0855. The molecule has 0 bridgehead atoms. The number of rotatable bonds is 4. The van der Waals surface area contributed by atoms with Crippen molar-refractivity contribution in [1.82, 2.24) is 14.9 Å². The number of aryl methyl sites for hydroxylation is 1. The van der Waals surface area contributed by atoms with Crippen LogP contribution in [0.5, 0.6) is 5.88 Å². The van der Waals surface area contributed by atoms with Crippen molar-refractivity contribution in [2.24, 2.45) is 0 Å². The van der Waals surface area contributed by atoms with E-state index in [1.807, 2.05) is 24.3 Å². The average Bonchev–Trinajstić information content (AvgIpc) is 3.03. The number of fused-ring (bicyclic) bond motifs is 1. The zero-order chi connectivity index (χ0) is 20.5. The summed E-state index contributed by atoms with van der Waals surface area (Å²) in [6.45, 7) is 1.71. The molecule has 0 saturated carbocycles. The summed E-state index contributed by atoms with van der Waals surface area (Å²) in [5.74, 6) is -0.0789. The SMILES string of the molecule is COc1ccc(-n2ccc(C)c(C(=O)N[C@@H]3c4ccccc4C[C@@H]3O)c2=O)cn1. The summed E-state index contributed by atoms with van der Waals surface area (Å²) in [4.78, 5) is 30.2. The number of carbonyl (C=O) groups excluding carboxylic acids is 1. The Morgan fingerprint density at radius 1 is 1.24 bits per heavy atom. The van der Waals surface area contributed by atoms with Crippen LogP contribution in [0.3, 0.4) is 0 Å². The second-order valence-electron chi connectivity index (χ2n) is 7.03. The maximum absolute atomic E-state index is 13.1. The van der Waals surface area contributed by atoms with E-state index in [0.717, 1.165) is 11.1 Å². The predicted molar refractivity (Wildman–Crippen MR) is 107 cm³/mol. The first-order valence-electron chi connectivity index (χ1n) is 9.29. The topological polar surface area (TPSA) is 93.5 Å². The first kappa shape index (κ1) is 18.9. The summed E-state index contributed by atoms with van der Waals surface area (Å²) in [6.07, 6.45) is 2.86. The molecule has 0 fully saturated rings. The summed E-state index contributed by atoms with van der Waals surface area (Å²) < 4.78 is 6.41. The first-order valence-corrected chi connectivity index (χ1v) is 9.29. The van der Waals surface area contributed by atoms with Crippen molar-refractivity contribution in [3.05, 3.63) is 87.5 Å². The number of aliphatic hydroxyl groups excluding tert-OH is 1. The number of pyridine rings is 2. The molecule has 29 heavy (non-hydrogen) atoms. The Bertz CT molecular complexity index is 1120. The molecule has 0 unspecified atom stereocenters. The van der Waals surface area contributed by atoms with Gasteiger partial charge in [-0.2, -0.15) is 0 Å². The zero-order valence-electron chi connectivity index (χ0n) is 16.1. The number of methoxy groups -OCH3 is 1. The summed E-state index contributed by atoms with van der Waals surface area (Å²) >= 11 is 0. The quantitative estimate of drug-likeness (QED) is 0.709. The summed E-state index contributed by atoms with van der Waals surface area (Å²) in [6, 6.07) is 12.1. The van der Waals surface area contributed by atoms with Crippen molar-refractivity contribution in [2.75, 3.05) is 7.11 Å². The van der Waals surface area contributed by atoms with Gasteiger partial charge in [-0.15, -0.1) is 0 Å². The lowest BCUT2D eigenvalue weighted by Gasteiger charge is -2.19. The van der Waals surface area contributed by atoms with E-state index in [2.05, 4.69) is 10.3 Å². The van der Waals surface area contributed by atoms with Crippen LogP contribution in [-0.4, -0.2) is 33.8 Å². The molecular formula is C22H21N3O4. The van der Waals surface area contributed by atoms with Gasteiger partial charge < -0.3 is 15.2 Å². The molecule has 2 N–H and O–H groups in total. The number of nitrogens with zero attached hydrogens (tertiary/aromatic N) is 2. The Balaban J connectivity index is 1.68. The number of aliphatic hydroxyl groups is 1. The summed E-state index contributed by atoms with van der Waals surface area (Å²) in [5.41, 5.74) is 2.55. The van der Waals surface area contributed by atoms with Gasteiger partial charge in [0.25, 0.3) is 11.5 Å². The van der Waals surface area contributed by atoms with Crippen molar-refractivity contribution in [3.63, 3.8) is 0 Å². The molecule has 3 aromatic rings. The van der Waals surface area contributed by atoms with Gasteiger partial charge in [0.1, 0.15) is 5.56 Å². The highest BCUT2D eigenvalue weighted by Crippen LogP contribution is 2.31. The number of hydrogen-bond acceptors (Lipinski definition) is 5. The molecule has 0 aliphatic heterocycles. The number of ether oxygens (including phenoxy) is 1. The van der Waals surface area contributed by atoms with Crippen LogP contribution in [-0.2, 0) is 6.42 Å². The fraction of sp³-hybridized carbons (Fsp3) is 0.227. The second-order valence-corrected chi connectivity index (χ2v) is 7.03. The van der Waals surface area contributed by atoms with Crippen LogP contribution in [0.1, 0.15) is 33.1 Å². The third-order valence-electron chi connectivity index (χ3n) is 5.23. The smallest absolute Gasteiger partial charge is 0.268 e. The van der Waals surface area contributed by atoms with E-state index in [9.17, 15) is 14.7 Å². The number of benzene rings is 1. The molecule has 1 aliphatic carbocycles. The van der Waals surface area contributed by atoms with Crippen LogP contribution >= 0.6 is 0 Å². The lowest BCUT2D eigenvalue weighted by Crippen LogP contribution is -2.38.